The summed E-state index contributed by atoms with van der Waals surface area (Å²) in [6, 6.07) is 6.29. The fraction of sp³-hybridized carbons (Fsp3) is 0.571. The zero-order chi connectivity index (χ0) is 13.0. The van der Waals surface area contributed by atoms with Crippen molar-refractivity contribution < 1.29 is 5.11 Å². The second kappa shape index (κ2) is 6.41. The number of anilines is 1. The van der Waals surface area contributed by atoms with Crippen LogP contribution in [0.3, 0.4) is 0 Å². The summed E-state index contributed by atoms with van der Waals surface area (Å²) in [4.78, 5) is 2.40. The molecule has 3 N–H and O–H groups in total. The summed E-state index contributed by atoms with van der Waals surface area (Å²) in [5.74, 6) is 0. The largest absolute Gasteiger partial charge is 0.398 e. The van der Waals surface area contributed by atoms with Crippen LogP contribution >= 0.6 is 11.6 Å². The first-order chi connectivity index (χ1) is 8.72. The van der Waals surface area contributed by atoms with Gasteiger partial charge in [0, 0.05) is 42.0 Å². The van der Waals surface area contributed by atoms with Gasteiger partial charge in [-0.2, -0.15) is 0 Å². The van der Waals surface area contributed by atoms with Gasteiger partial charge in [-0.3, -0.25) is 4.90 Å². The van der Waals surface area contributed by atoms with E-state index in [9.17, 15) is 0 Å². The molecule has 1 saturated carbocycles. The Morgan fingerprint density at radius 3 is 2.72 bits per heavy atom. The highest BCUT2D eigenvalue weighted by molar-refractivity contribution is 6.31. The molecule has 3 nitrogen and oxygen atoms in total. The summed E-state index contributed by atoms with van der Waals surface area (Å²) in [5, 5.41) is 9.72. The Labute approximate surface area is 114 Å². The van der Waals surface area contributed by atoms with Crippen molar-refractivity contribution in [2.75, 3.05) is 18.9 Å². The first-order valence-electron chi connectivity index (χ1n) is 6.60. The Hall–Kier alpha value is -0.770. The van der Waals surface area contributed by atoms with Gasteiger partial charge < -0.3 is 10.8 Å². The van der Waals surface area contributed by atoms with E-state index < -0.39 is 0 Å². The lowest BCUT2D eigenvalue weighted by atomic mass is 9.91. The van der Waals surface area contributed by atoms with Crippen LogP contribution in [0.1, 0.15) is 31.2 Å². The first kappa shape index (κ1) is 13.7. The van der Waals surface area contributed by atoms with Crippen molar-refractivity contribution in [2.45, 2.75) is 38.3 Å². The summed E-state index contributed by atoms with van der Waals surface area (Å²) < 4.78 is 0. The Bertz CT molecular complexity index is 373. The van der Waals surface area contributed by atoms with Crippen molar-refractivity contribution in [2.24, 2.45) is 0 Å². The molecule has 0 unspecified atom stereocenters. The molecule has 1 aromatic rings. The van der Waals surface area contributed by atoms with Gasteiger partial charge in [-0.1, -0.05) is 24.1 Å². The SMILES string of the molecule is Nc1cccc(Cl)c1CN(CCCO)C1CCC1. The zero-order valence-corrected chi connectivity index (χ0v) is 11.4. The van der Waals surface area contributed by atoms with Gasteiger partial charge in [0.15, 0.2) is 0 Å². The second-order valence-electron chi connectivity index (χ2n) is 4.94. The number of hydrogen-bond acceptors (Lipinski definition) is 3. The maximum absolute atomic E-state index is 8.99. The summed E-state index contributed by atoms with van der Waals surface area (Å²) >= 11 is 6.22. The van der Waals surface area contributed by atoms with Crippen LogP contribution in [0.4, 0.5) is 5.69 Å². The molecular weight excluding hydrogens is 248 g/mol. The minimum Gasteiger partial charge on any atom is -0.398 e. The second-order valence-corrected chi connectivity index (χ2v) is 5.35. The monoisotopic (exact) mass is 268 g/mol. The predicted octanol–water partition coefficient (Wildman–Crippen LogP) is 2.66. The number of aliphatic hydroxyl groups excluding tert-OH is 1. The lowest BCUT2D eigenvalue weighted by Gasteiger charge is -2.38. The number of nitrogens with two attached hydrogens (primary N) is 1. The fourth-order valence-corrected chi connectivity index (χ4v) is 2.60. The Morgan fingerprint density at radius 2 is 2.17 bits per heavy atom. The molecule has 18 heavy (non-hydrogen) atoms. The van der Waals surface area contributed by atoms with Crippen molar-refractivity contribution in [1.82, 2.24) is 4.90 Å². The maximum atomic E-state index is 8.99. The van der Waals surface area contributed by atoms with Crippen LogP contribution in [0.15, 0.2) is 18.2 Å². The van der Waals surface area contributed by atoms with E-state index in [1.165, 1.54) is 19.3 Å². The Kier molecular flexibility index (Phi) is 4.87. The molecule has 1 aliphatic carbocycles. The molecule has 2 rings (SSSR count). The van der Waals surface area contributed by atoms with Gasteiger partial charge in [0.1, 0.15) is 0 Å². The third-order valence-corrected chi connectivity index (χ3v) is 4.06. The standard InChI is InChI=1S/C14H21ClN2O/c15-13-6-2-7-14(16)12(13)10-17(8-3-9-18)11-4-1-5-11/h2,6-7,11,18H,1,3-5,8-10,16H2. The van der Waals surface area contributed by atoms with Crippen molar-refractivity contribution >= 4 is 17.3 Å². The molecule has 0 saturated heterocycles. The normalized spacial score (nSPS) is 15.9. The van der Waals surface area contributed by atoms with E-state index >= 15 is 0 Å². The van der Waals surface area contributed by atoms with E-state index in [2.05, 4.69) is 4.90 Å². The van der Waals surface area contributed by atoms with Crippen molar-refractivity contribution in [3.8, 4) is 0 Å². The van der Waals surface area contributed by atoms with Gasteiger partial charge >= 0.3 is 0 Å². The molecule has 1 aromatic carbocycles. The van der Waals surface area contributed by atoms with E-state index in [-0.39, 0.29) is 6.61 Å². The lowest BCUT2D eigenvalue weighted by Crippen LogP contribution is -2.40. The van der Waals surface area contributed by atoms with Crippen LogP contribution in [-0.2, 0) is 6.54 Å². The van der Waals surface area contributed by atoms with E-state index in [1.807, 2.05) is 18.2 Å². The molecule has 0 amide bonds. The Morgan fingerprint density at radius 1 is 1.39 bits per heavy atom. The molecule has 0 radical (unpaired) electrons. The van der Waals surface area contributed by atoms with E-state index in [4.69, 9.17) is 22.4 Å². The summed E-state index contributed by atoms with van der Waals surface area (Å²) in [7, 11) is 0. The van der Waals surface area contributed by atoms with Gasteiger partial charge in [-0.05, 0) is 31.4 Å². The number of benzene rings is 1. The van der Waals surface area contributed by atoms with Gasteiger partial charge in [0.25, 0.3) is 0 Å². The van der Waals surface area contributed by atoms with E-state index in [0.717, 1.165) is 35.8 Å². The average molecular weight is 269 g/mol. The minimum absolute atomic E-state index is 0.237. The fourth-order valence-electron chi connectivity index (χ4n) is 2.36. The first-order valence-corrected chi connectivity index (χ1v) is 6.98. The molecule has 0 aromatic heterocycles. The lowest BCUT2D eigenvalue weighted by molar-refractivity contribution is 0.109. The number of nitrogen functional groups attached to an aromatic ring is 1. The maximum Gasteiger partial charge on any atom is 0.0471 e. The average Bonchev–Trinajstić information content (AvgIpc) is 2.28. The van der Waals surface area contributed by atoms with Crippen LogP contribution < -0.4 is 5.73 Å². The van der Waals surface area contributed by atoms with Crippen LogP contribution in [0.5, 0.6) is 0 Å². The van der Waals surface area contributed by atoms with Gasteiger partial charge in [-0.15, -0.1) is 0 Å². The molecule has 100 valence electrons. The smallest absolute Gasteiger partial charge is 0.0471 e. The number of nitrogens with zero attached hydrogens (tertiary/aromatic N) is 1. The minimum atomic E-state index is 0.237. The third kappa shape index (κ3) is 3.16. The molecule has 0 bridgehead atoms. The van der Waals surface area contributed by atoms with Gasteiger partial charge in [0.05, 0.1) is 0 Å². The van der Waals surface area contributed by atoms with Crippen LogP contribution in [-0.4, -0.2) is 29.2 Å². The Balaban J connectivity index is 2.07. The number of aliphatic hydroxyl groups is 1. The molecule has 1 aliphatic rings. The van der Waals surface area contributed by atoms with Gasteiger partial charge in [-0.25, -0.2) is 0 Å². The predicted molar refractivity (Wildman–Crippen MR) is 75.6 cm³/mol. The van der Waals surface area contributed by atoms with Crippen molar-refractivity contribution in [3.05, 3.63) is 28.8 Å². The number of halogens is 1. The topological polar surface area (TPSA) is 49.5 Å². The van der Waals surface area contributed by atoms with E-state index in [0.29, 0.717) is 6.04 Å². The quantitative estimate of drug-likeness (QED) is 0.780. The van der Waals surface area contributed by atoms with Crippen molar-refractivity contribution in [3.63, 3.8) is 0 Å². The molecule has 4 heteroatoms. The molecule has 1 fully saturated rings. The molecule has 0 atom stereocenters. The molecule has 0 spiro atoms. The number of hydrogen-bond donors (Lipinski definition) is 2. The van der Waals surface area contributed by atoms with E-state index in [1.54, 1.807) is 0 Å². The summed E-state index contributed by atoms with van der Waals surface area (Å²) in [5.41, 5.74) is 7.78. The highest BCUT2D eigenvalue weighted by atomic mass is 35.5. The highest BCUT2D eigenvalue weighted by Gasteiger charge is 2.25. The van der Waals surface area contributed by atoms with Crippen LogP contribution in [0, 0.1) is 0 Å². The highest BCUT2D eigenvalue weighted by Crippen LogP contribution is 2.30. The molecular formula is C14H21ClN2O. The summed E-state index contributed by atoms with van der Waals surface area (Å²) in [6.07, 6.45) is 4.60. The van der Waals surface area contributed by atoms with Crippen molar-refractivity contribution in [1.29, 1.82) is 0 Å². The zero-order valence-electron chi connectivity index (χ0n) is 10.6. The molecule has 0 heterocycles. The summed E-state index contributed by atoms with van der Waals surface area (Å²) in [6.45, 7) is 1.93. The van der Waals surface area contributed by atoms with Gasteiger partial charge in [0.2, 0.25) is 0 Å². The van der Waals surface area contributed by atoms with Crippen LogP contribution in [0.25, 0.3) is 0 Å². The number of rotatable bonds is 6. The third-order valence-electron chi connectivity index (χ3n) is 3.71. The molecule has 0 aliphatic heterocycles. The van der Waals surface area contributed by atoms with Crippen LogP contribution in [0.2, 0.25) is 5.02 Å².